The quantitative estimate of drug-likeness (QED) is 0.0313. The Hall–Kier alpha value is -6.48. The van der Waals surface area contributed by atoms with Crippen molar-refractivity contribution in [1.29, 1.82) is 0 Å². The molecule has 0 aliphatic carbocycles. The van der Waals surface area contributed by atoms with Gasteiger partial charge >= 0.3 is 7.75 Å². The summed E-state index contributed by atoms with van der Waals surface area (Å²) in [6.07, 6.45) is -4.51. The number of amides is 1. The first-order valence-corrected chi connectivity index (χ1v) is 27.7. The predicted molar refractivity (Wildman–Crippen MR) is 293 cm³/mol. The first-order valence-electron chi connectivity index (χ1n) is 26.2. The molecule has 2 aliphatic rings. The van der Waals surface area contributed by atoms with E-state index in [4.69, 9.17) is 47.9 Å². The van der Waals surface area contributed by atoms with Crippen LogP contribution in [0.2, 0.25) is 0 Å². The number of carbonyl (C=O) groups is 2. The van der Waals surface area contributed by atoms with Crippen LogP contribution >= 0.6 is 7.75 Å². The molecule has 3 N–H and O–H groups in total. The molecule has 20 nitrogen and oxygen atoms in total. The summed E-state index contributed by atoms with van der Waals surface area (Å²) in [7, 11) is 1.61. The summed E-state index contributed by atoms with van der Waals surface area (Å²) in [4.78, 5) is 56.3. The van der Waals surface area contributed by atoms with Crippen LogP contribution in [0.3, 0.4) is 0 Å². The number of anilines is 1. The maximum Gasteiger partial charge on any atom is 0.409 e. The summed E-state index contributed by atoms with van der Waals surface area (Å²) in [6.45, 7) is 11.4. The highest BCUT2D eigenvalue weighted by Crippen LogP contribution is 2.59. The third-order valence-electron chi connectivity index (χ3n) is 14.2. The number of rotatable bonds is 25. The molecule has 7 atom stereocenters. The zero-order chi connectivity index (χ0) is 55.9. The van der Waals surface area contributed by atoms with Gasteiger partial charge in [0.25, 0.3) is 11.5 Å². The number of ketones is 1. The zero-order valence-corrected chi connectivity index (χ0v) is 46.8. The maximum atomic E-state index is 16.6. The molecule has 4 heterocycles. The lowest BCUT2D eigenvalue weighted by Crippen LogP contribution is -2.52. The first-order chi connectivity index (χ1) is 37.5. The molecule has 0 saturated carbocycles. The molecule has 0 bridgehead atoms. The van der Waals surface area contributed by atoms with Gasteiger partial charge in [-0.15, -0.1) is 0 Å². The molecule has 2 fully saturated rings. The average molecular weight is 1090 g/mol. The van der Waals surface area contributed by atoms with Gasteiger partial charge in [0.05, 0.1) is 53.5 Å². The van der Waals surface area contributed by atoms with Gasteiger partial charge in [0.2, 0.25) is 5.95 Å². The number of aromatic amines is 1. The molecule has 0 spiro atoms. The molecule has 21 heteroatoms. The highest BCUT2D eigenvalue weighted by Gasteiger charge is 2.58. The minimum absolute atomic E-state index is 0.0389. The number of imidazole rings is 1. The number of benzene rings is 4. The van der Waals surface area contributed by atoms with E-state index in [1.165, 1.54) is 18.0 Å². The molecular formula is C57H72N7O13P. The molecule has 0 radical (unpaired) electrons. The molecule has 2 unspecified atom stereocenters. The van der Waals surface area contributed by atoms with Crippen molar-refractivity contribution in [2.75, 3.05) is 60.5 Å². The molecule has 2 saturated heterocycles. The number of methoxy groups -OCH3 is 4. The highest BCUT2D eigenvalue weighted by molar-refractivity contribution is 7.51. The second-order valence-corrected chi connectivity index (χ2v) is 22.0. The van der Waals surface area contributed by atoms with Gasteiger partial charge in [-0.1, -0.05) is 68.4 Å². The number of fused-ring (bicyclic) bond motifs is 1. The molecule has 4 aromatic carbocycles. The third-order valence-corrected chi connectivity index (χ3v) is 16.6. The van der Waals surface area contributed by atoms with E-state index < -0.39 is 79.4 Å². The van der Waals surface area contributed by atoms with Crippen molar-refractivity contribution in [3.8, 4) is 17.2 Å². The van der Waals surface area contributed by atoms with E-state index in [2.05, 4.69) is 15.0 Å². The van der Waals surface area contributed by atoms with Crippen LogP contribution in [0.15, 0.2) is 114 Å². The number of aromatic nitrogens is 4. The van der Waals surface area contributed by atoms with E-state index in [1.807, 2.05) is 107 Å². The zero-order valence-electron chi connectivity index (χ0n) is 45.9. The molecule has 1 amide bonds. The van der Waals surface area contributed by atoms with Gasteiger partial charge in [0, 0.05) is 37.2 Å². The minimum atomic E-state index is -4.62. The van der Waals surface area contributed by atoms with Gasteiger partial charge in [0.15, 0.2) is 23.2 Å². The average Bonchev–Trinajstić information content (AvgIpc) is 4.36. The standard InChI is InChI=1S/C57H72N7O13P/c1-35(2)47(65)48(76-57(39-15-12-11-13-16-39,40-20-26-44(71-9)27-21-40)41-22-28-45(72-10)29-23-41)49-50(51(73-32-31-69-7)55(75-49)63-34-59-46-52(63)60-56(58)61-53(46)66)77-78(68,64(36(3)4)37(5)6)74-33-42-17-14-30-62(42)54(67)38-18-24-43(70-8)25-19-38/h11-13,15-16,18-29,34-37,42,48-51,55H,14,17,30-33H2,1-10H3,(H3,58,60,61,66)/t42-,48?,49-,50-,51-,55-,78?/m1/s1. The summed E-state index contributed by atoms with van der Waals surface area (Å²) < 4.78 is 77.6. The fourth-order valence-electron chi connectivity index (χ4n) is 10.5. The van der Waals surface area contributed by atoms with E-state index in [-0.39, 0.29) is 42.8 Å². The molecule has 6 aromatic rings. The Bertz CT molecular complexity index is 3010. The normalized spacial score (nSPS) is 20.0. The van der Waals surface area contributed by atoms with Crippen molar-refractivity contribution in [3.63, 3.8) is 0 Å². The largest absolute Gasteiger partial charge is 0.497 e. The van der Waals surface area contributed by atoms with E-state index in [0.29, 0.717) is 58.9 Å². The van der Waals surface area contributed by atoms with Crippen LogP contribution in [0.1, 0.15) is 87.7 Å². The Morgan fingerprint density at radius 3 is 1.94 bits per heavy atom. The number of carbonyl (C=O) groups excluding carboxylic acids is 2. The van der Waals surface area contributed by atoms with Crippen molar-refractivity contribution in [1.82, 2.24) is 29.1 Å². The van der Waals surface area contributed by atoms with Crippen LogP contribution in [0.4, 0.5) is 5.95 Å². The summed E-state index contributed by atoms with van der Waals surface area (Å²) in [5, 5.41) is 0. The van der Waals surface area contributed by atoms with Gasteiger partial charge < -0.3 is 43.8 Å². The third kappa shape index (κ3) is 11.9. The van der Waals surface area contributed by atoms with Crippen molar-refractivity contribution in [2.45, 2.75) is 109 Å². The van der Waals surface area contributed by atoms with Crippen LogP contribution in [0.5, 0.6) is 17.2 Å². The molecule has 78 heavy (non-hydrogen) atoms. The van der Waals surface area contributed by atoms with E-state index in [9.17, 15) is 9.59 Å². The Morgan fingerprint density at radius 2 is 1.38 bits per heavy atom. The number of hydrogen-bond donors (Lipinski definition) is 2. The Morgan fingerprint density at radius 1 is 0.808 bits per heavy atom. The lowest BCUT2D eigenvalue weighted by molar-refractivity contribution is -0.167. The summed E-state index contributed by atoms with van der Waals surface area (Å²) in [5.41, 5.74) is 6.30. The van der Waals surface area contributed by atoms with Crippen molar-refractivity contribution in [3.05, 3.63) is 142 Å². The number of nitrogens with zero attached hydrogens (tertiary/aromatic N) is 5. The highest BCUT2D eigenvalue weighted by atomic mass is 31.2. The number of Topliss-reactive ketones (excluding diaryl/α,β-unsaturated/α-hetero) is 1. The molecule has 2 aromatic heterocycles. The Kier molecular flexibility index (Phi) is 18.6. The molecular weight excluding hydrogens is 1020 g/mol. The second kappa shape index (κ2) is 25.1. The van der Waals surface area contributed by atoms with Crippen molar-refractivity contribution in [2.24, 2.45) is 5.92 Å². The smallest absolute Gasteiger partial charge is 0.409 e. The minimum Gasteiger partial charge on any atom is -0.497 e. The number of H-pyrrole nitrogens is 1. The lowest BCUT2D eigenvalue weighted by atomic mass is 9.79. The Labute approximate surface area is 455 Å². The van der Waals surface area contributed by atoms with Crippen LogP contribution in [-0.4, -0.2) is 138 Å². The predicted octanol–water partition coefficient (Wildman–Crippen LogP) is 8.19. The van der Waals surface area contributed by atoms with Gasteiger partial charge in [0.1, 0.15) is 47.3 Å². The fourth-order valence-corrected chi connectivity index (χ4v) is 12.8. The van der Waals surface area contributed by atoms with Gasteiger partial charge in [-0.25, -0.2) is 14.2 Å². The topological polar surface area (TPSA) is 230 Å². The number of nitrogen functional groups attached to an aromatic ring is 1. The van der Waals surface area contributed by atoms with Gasteiger partial charge in [-0.05, 0) is 106 Å². The number of nitrogens with one attached hydrogen (secondary N) is 1. The fraction of sp³-hybridized carbons (Fsp3) is 0.456. The summed E-state index contributed by atoms with van der Waals surface area (Å²) >= 11 is 0. The van der Waals surface area contributed by atoms with Crippen LogP contribution in [0.25, 0.3) is 11.2 Å². The van der Waals surface area contributed by atoms with E-state index in [1.54, 1.807) is 69.0 Å². The van der Waals surface area contributed by atoms with Crippen molar-refractivity contribution >= 4 is 36.5 Å². The summed E-state index contributed by atoms with van der Waals surface area (Å²) in [5.74, 6) is 0.275. The van der Waals surface area contributed by atoms with Gasteiger partial charge in [-0.2, -0.15) is 4.98 Å². The SMILES string of the molecule is COCCO[C@@H]1[C@H](OP(=O)(OC[C@H]2CCCN2C(=O)c2ccc(OC)cc2)N(C(C)C)C(C)C)[C@@H](C(OC(c2ccccc2)(c2ccc(OC)cc2)c2ccc(OC)cc2)C(=O)C(C)C)O[C@H]1n1cnc2c(=O)[nH]c(N)nc21. The number of ether oxygens (including phenoxy) is 7. The monoisotopic (exact) mass is 1090 g/mol. The number of nitrogens with two attached hydrogens (primary N) is 1. The number of hydrogen-bond acceptors (Lipinski definition) is 16. The summed E-state index contributed by atoms with van der Waals surface area (Å²) in [6, 6.07) is 29.7. The molecule has 2 aliphatic heterocycles. The lowest BCUT2D eigenvalue weighted by Gasteiger charge is -2.42. The first kappa shape index (κ1) is 57.7. The van der Waals surface area contributed by atoms with Crippen LogP contribution in [-0.2, 0) is 43.0 Å². The van der Waals surface area contributed by atoms with Crippen molar-refractivity contribution < 1.29 is 56.4 Å². The van der Waals surface area contributed by atoms with Crippen LogP contribution < -0.4 is 25.5 Å². The maximum absolute atomic E-state index is 16.6. The van der Waals surface area contributed by atoms with E-state index in [0.717, 1.165) is 0 Å². The second-order valence-electron chi connectivity index (χ2n) is 20.1. The van der Waals surface area contributed by atoms with Gasteiger partial charge in [-0.3, -0.25) is 33.0 Å². The van der Waals surface area contributed by atoms with Crippen LogP contribution in [0, 0.1) is 5.92 Å². The Balaban J connectivity index is 1.33. The number of likely N-dealkylation sites (tertiary alicyclic amines) is 1. The van der Waals surface area contributed by atoms with E-state index >= 15 is 9.36 Å². The molecule has 8 rings (SSSR count). The molecule has 418 valence electrons.